The molecule has 3 heteroatoms. The molecule has 0 aromatic heterocycles. The Morgan fingerprint density at radius 2 is 1.96 bits per heavy atom. The van der Waals surface area contributed by atoms with Gasteiger partial charge in [0, 0.05) is 18.3 Å². The van der Waals surface area contributed by atoms with Gasteiger partial charge < -0.3 is 9.90 Å². The van der Waals surface area contributed by atoms with E-state index in [9.17, 15) is 14.7 Å². The molecule has 0 aromatic rings. The van der Waals surface area contributed by atoms with Gasteiger partial charge in [-0.15, -0.1) is 0 Å². The third-order valence-electron chi connectivity index (χ3n) is 8.82. The van der Waals surface area contributed by atoms with E-state index in [0.717, 1.165) is 64.1 Å². The quantitative estimate of drug-likeness (QED) is 0.458. The zero-order chi connectivity index (χ0) is 18.5. The number of Topliss-reactive ketones (excluding diaryl/α,β-unsaturated/α-hetero) is 1. The van der Waals surface area contributed by atoms with Crippen LogP contribution in [-0.4, -0.2) is 23.3 Å². The number of allylic oxidation sites excluding steroid dienone is 1. The average Bonchev–Trinajstić information content (AvgIpc) is 2.87. The summed E-state index contributed by atoms with van der Waals surface area (Å²) >= 11 is 0. The van der Waals surface area contributed by atoms with Crippen molar-refractivity contribution in [2.75, 3.05) is 0 Å². The van der Waals surface area contributed by atoms with Gasteiger partial charge in [0.05, 0.1) is 6.10 Å². The second-order valence-corrected chi connectivity index (χ2v) is 10.0. The van der Waals surface area contributed by atoms with E-state index in [-0.39, 0.29) is 16.9 Å². The molecule has 0 saturated heterocycles. The number of aliphatic hydroxyl groups excluding tert-OH is 1. The summed E-state index contributed by atoms with van der Waals surface area (Å²) in [5, 5.41) is 10.1. The molecule has 4 aliphatic rings. The number of ketones is 1. The molecule has 0 aliphatic heterocycles. The monoisotopic (exact) mass is 358 g/mol. The molecule has 0 amide bonds. The number of carbonyl (C=O) groups excluding carboxylic acids is 2. The van der Waals surface area contributed by atoms with Gasteiger partial charge in [0.25, 0.3) is 0 Å². The van der Waals surface area contributed by atoms with Crippen molar-refractivity contribution in [3.05, 3.63) is 11.6 Å². The number of aliphatic hydroxyl groups is 1. The fourth-order valence-electron chi connectivity index (χ4n) is 7.43. The summed E-state index contributed by atoms with van der Waals surface area (Å²) in [7, 11) is 0. The van der Waals surface area contributed by atoms with Crippen molar-refractivity contribution in [2.24, 2.45) is 34.5 Å². The van der Waals surface area contributed by atoms with Gasteiger partial charge in [-0.25, -0.2) is 0 Å². The van der Waals surface area contributed by atoms with Crippen LogP contribution in [0.1, 0.15) is 78.1 Å². The summed E-state index contributed by atoms with van der Waals surface area (Å²) in [5.41, 5.74) is 1.58. The van der Waals surface area contributed by atoms with Gasteiger partial charge in [-0.1, -0.05) is 25.5 Å². The number of aldehydes is 1. The largest absolute Gasteiger partial charge is 0.393 e. The van der Waals surface area contributed by atoms with E-state index in [1.807, 2.05) is 0 Å². The Morgan fingerprint density at radius 1 is 1.19 bits per heavy atom. The van der Waals surface area contributed by atoms with E-state index < -0.39 is 0 Å². The summed E-state index contributed by atoms with van der Waals surface area (Å²) in [6, 6.07) is 0. The van der Waals surface area contributed by atoms with Crippen LogP contribution in [0, 0.1) is 34.5 Å². The molecule has 3 nitrogen and oxygen atoms in total. The first-order chi connectivity index (χ1) is 12.4. The highest BCUT2D eigenvalue weighted by Crippen LogP contribution is 2.65. The first-order valence-electron chi connectivity index (χ1n) is 10.7. The Kier molecular flexibility index (Phi) is 4.66. The molecule has 26 heavy (non-hydrogen) atoms. The zero-order valence-corrected chi connectivity index (χ0v) is 16.4. The van der Waals surface area contributed by atoms with Gasteiger partial charge in [0.1, 0.15) is 12.1 Å². The maximum atomic E-state index is 12.9. The first kappa shape index (κ1) is 18.4. The predicted octanol–water partition coefficient (Wildman–Crippen LogP) is 4.47. The number of unbranched alkanes of at least 4 members (excludes halogenated alkanes) is 1. The van der Waals surface area contributed by atoms with Gasteiger partial charge in [-0.05, 0) is 80.5 Å². The van der Waals surface area contributed by atoms with E-state index >= 15 is 0 Å². The van der Waals surface area contributed by atoms with Crippen molar-refractivity contribution < 1.29 is 14.7 Å². The summed E-state index contributed by atoms with van der Waals surface area (Å²) in [4.78, 5) is 23.7. The van der Waals surface area contributed by atoms with Gasteiger partial charge in [0.15, 0.2) is 0 Å². The van der Waals surface area contributed by atoms with Crippen LogP contribution in [0.15, 0.2) is 11.6 Å². The van der Waals surface area contributed by atoms with Crippen LogP contribution in [-0.2, 0) is 9.59 Å². The van der Waals surface area contributed by atoms with Crippen molar-refractivity contribution in [3.63, 3.8) is 0 Å². The highest BCUT2D eigenvalue weighted by atomic mass is 16.3. The topological polar surface area (TPSA) is 54.4 Å². The minimum atomic E-state index is -0.163. The van der Waals surface area contributed by atoms with E-state index in [1.54, 1.807) is 0 Å². The second-order valence-electron chi connectivity index (χ2n) is 10.0. The SMILES string of the molecule is C[C@]12CC[C@H](O)CC1=CC[C@H]1[C@@H]3[C@H](CCCC=O)CC(=O)[C@@]3(C)CC[C@@H]12. The molecule has 1 N–H and O–H groups in total. The Labute approximate surface area is 157 Å². The highest BCUT2D eigenvalue weighted by Gasteiger charge is 2.61. The van der Waals surface area contributed by atoms with Crippen LogP contribution < -0.4 is 0 Å². The molecule has 144 valence electrons. The first-order valence-corrected chi connectivity index (χ1v) is 10.7. The maximum absolute atomic E-state index is 12.9. The van der Waals surface area contributed by atoms with Gasteiger partial charge in [-0.2, -0.15) is 0 Å². The predicted molar refractivity (Wildman–Crippen MR) is 102 cm³/mol. The van der Waals surface area contributed by atoms with Crippen molar-refractivity contribution >= 4 is 12.1 Å². The normalized spacial score (nSPS) is 47.6. The van der Waals surface area contributed by atoms with Crippen LogP contribution in [0.4, 0.5) is 0 Å². The Morgan fingerprint density at radius 3 is 2.73 bits per heavy atom. The number of hydrogen-bond acceptors (Lipinski definition) is 3. The molecular formula is C23H34O3. The summed E-state index contributed by atoms with van der Waals surface area (Å²) in [6.07, 6.45) is 12.7. The lowest BCUT2D eigenvalue weighted by molar-refractivity contribution is -0.132. The number of carbonyl (C=O) groups is 2. The van der Waals surface area contributed by atoms with E-state index in [1.165, 1.54) is 5.57 Å². The molecule has 0 aromatic carbocycles. The smallest absolute Gasteiger partial charge is 0.139 e. The van der Waals surface area contributed by atoms with Gasteiger partial charge in [0.2, 0.25) is 0 Å². The Balaban J connectivity index is 1.64. The van der Waals surface area contributed by atoms with E-state index in [2.05, 4.69) is 19.9 Å². The van der Waals surface area contributed by atoms with Crippen molar-refractivity contribution in [1.82, 2.24) is 0 Å². The molecule has 0 unspecified atom stereocenters. The zero-order valence-electron chi connectivity index (χ0n) is 16.4. The fourth-order valence-corrected chi connectivity index (χ4v) is 7.43. The van der Waals surface area contributed by atoms with Crippen LogP contribution in [0.5, 0.6) is 0 Å². The van der Waals surface area contributed by atoms with Crippen LogP contribution in [0.2, 0.25) is 0 Å². The van der Waals surface area contributed by atoms with E-state index in [4.69, 9.17) is 0 Å². The molecule has 0 heterocycles. The van der Waals surface area contributed by atoms with Gasteiger partial charge >= 0.3 is 0 Å². The summed E-state index contributed by atoms with van der Waals surface area (Å²) in [5.74, 6) is 2.70. The fraction of sp³-hybridized carbons (Fsp3) is 0.826. The second kappa shape index (κ2) is 6.58. The number of rotatable bonds is 4. The molecule has 4 rings (SSSR count). The lowest BCUT2D eigenvalue weighted by atomic mass is 9.47. The summed E-state index contributed by atoms with van der Waals surface area (Å²) < 4.78 is 0. The van der Waals surface area contributed by atoms with Crippen molar-refractivity contribution in [1.29, 1.82) is 0 Å². The lowest BCUT2D eigenvalue weighted by Gasteiger charge is -2.57. The molecule has 0 bridgehead atoms. The molecule has 4 aliphatic carbocycles. The Bertz CT molecular complexity index is 623. The van der Waals surface area contributed by atoms with Gasteiger partial charge in [-0.3, -0.25) is 4.79 Å². The molecule has 0 radical (unpaired) electrons. The standard InChI is InChI=1S/C23H34O3/c1-22-10-8-17(25)14-16(22)6-7-18-19(22)9-11-23(2)20(26)13-15(21(18)23)5-3-4-12-24/h6,12,15,17-19,21,25H,3-5,7-11,13-14H2,1-2H3/t15-,17+,18-,19+,21+,22+,23-/m1/s1. The molecule has 3 fully saturated rings. The van der Waals surface area contributed by atoms with Crippen LogP contribution in [0.25, 0.3) is 0 Å². The minimum absolute atomic E-state index is 0.136. The third-order valence-corrected chi connectivity index (χ3v) is 8.82. The van der Waals surface area contributed by atoms with Crippen LogP contribution in [0.3, 0.4) is 0 Å². The molecule has 3 saturated carbocycles. The van der Waals surface area contributed by atoms with E-state index in [0.29, 0.717) is 35.9 Å². The Hall–Kier alpha value is -0.960. The maximum Gasteiger partial charge on any atom is 0.139 e. The molecule has 0 spiro atoms. The third kappa shape index (κ3) is 2.65. The van der Waals surface area contributed by atoms with Crippen molar-refractivity contribution in [3.8, 4) is 0 Å². The lowest BCUT2D eigenvalue weighted by Crippen LogP contribution is -2.51. The van der Waals surface area contributed by atoms with Crippen molar-refractivity contribution in [2.45, 2.75) is 84.2 Å². The average molecular weight is 359 g/mol. The molecular weight excluding hydrogens is 324 g/mol. The van der Waals surface area contributed by atoms with Crippen LogP contribution >= 0.6 is 0 Å². The summed E-state index contributed by atoms with van der Waals surface area (Å²) in [6.45, 7) is 4.67. The number of fused-ring (bicyclic) bond motifs is 5. The molecule has 7 atom stereocenters. The number of hydrogen-bond donors (Lipinski definition) is 1. The highest BCUT2D eigenvalue weighted by molar-refractivity contribution is 5.87. The minimum Gasteiger partial charge on any atom is -0.393 e.